The summed E-state index contributed by atoms with van der Waals surface area (Å²) in [5.41, 5.74) is 9.63. The molecule has 0 spiro atoms. The van der Waals surface area contributed by atoms with Crippen molar-refractivity contribution in [2.75, 3.05) is 26.4 Å². The van der Waals surface area contributed by atoms with Crippen molar-refractivity contribution < 1.29 is 19.4 Å². The molecule has 1 atom stereocenters. The first-order valence-electron chi connectivity index (χ1n) is 10.6. The van der Waals surface area contributed by atoms with Gasteiger partial charge in [0.15, 0.2) is 5.54 Å². The maximum absolute atomic E-state index is 13.1. The monoisotopic (exact) mass is 437 g/mol. The van der Waals surface area contributed by atoms with Gasteiger partial charge in [-0.1, -0.05) is 36.3 Å². The number of nitrogens with one attached hydrogen (secondary N) is 1. The summed E-state index contributed by atoms with van der Waals surface area (Å²) in [5.74, 6) is 0.824. The molecule has 0 bridgehead atoms. The fourth-order valence-electron chi connectivity index (χ4n) is 3.35. The van der Waals surface area contributed by atoms with E-state index in [0.29, 0.717) is 36.9 Å². The van der Waals surface area contributed by atoms with Gasteiger partial charge in [0.1, 0.15) is 12.4 Å². The Morgan fingerprint density at radius 1 is 1.31 bits per heavy atom. The van der Waals surface area contributed by atoms with Gasteiger partial charge in [-0.25, -0.2) is 4.99 Å². The standard InChI is InChI=1S/C23H27N5O4/c1-2-12-25-22(30)23(15-18-6-3-4-7-20(18)27-28-24)16-32-21(26-23)17-8-10-19(11-9-17)31-14-5-13-29/h3-4,6-11,29H,2,5,12-16H2,1H3,(H,25,30)/t23-/m1/s1. The van der Waals surface area contributed by atoms with E-state index in [1.165, 1.54) is 0 Å². The minimum absolute atomic E-state index is 0.0771. The second-order valence-corrected chi connectivity index (χ2v) is 7.44. The lowest BCUT2D eigenvalue weighted by molar-refractivity contribution is -0.126. The number of rotatable bonds is 11. The number of carbonyl (C=O) groups is 1. The number of amides is 1. The van der Waals surface area contributed by atoms with Crippen LogP contribution in [-0.4, -0.2) is 48.8 Å². The van der Waals surface area contributed by atoms with Gasteiger partial charge in [-0.3, -0.25) is 4.79 Å². The number of aliphatic hydroxyl groups is 1. The molecule has 2 aromatic carbocycles. The third-order valence-corrected chi connectivity index (χ3v) is 5.02. The lowest BCUT2D eigenvalue weighted by Gasteiger charge is -2.23. The van der Waals surface area contributed by atoms with Crippen LogP contribution in [0.5, 0.6) is 5.75 Å². The first-order chi connectivity index (χ1) is 15.6. The molecule has 0 radical (unpaired) electrons. The van der Waals surface area contributed by atoms with Gasteiger partial charge >= 0.3 is 0 Å². The summed E-state index contributed by atoms with van der Waals surface area (Å²) in [6, 6.07) is 14.4. The van der Waals surface area contributed by atoms with Crippen molar-refractivity contribution in [3.05, 3.63) is 70.1 Å². The van der Waals surface area contributed by atoms with Crippen LogP contribution in [0.3, 0.4) is 0 Å². The van der Waals surface area contributed by atoms with E-state index in [0.717, 1.165) is 17.5 Å². The molecule has 0 aliphatic carbocycles. The average Bonchev–Trinajstić information content (AvgIpc) is 3.25. The van der Waals surface area contributed by atoms with E-state index in [-0.39, 0.29) is 25.5 Å². The van der Waals surface area contributed by atoms with E-state index in [9.17, 15) is 4.79 Å². The summed E-state index contributed by atoms with van der Waals surface area (Å²) in [6.45, 7) is 3.10. The molecule has 9 nitrogen and oxygen atoms in total. The van der Waals surface area contributed by atoms with Crippen molar-refractivity contribution in [3.8, 4) is 5.75 Å². The highest BCUT2D eigenvalue weighted by molar-refractivity contribution is 6.00. The third-order valence-electron chi connectivity index (χ3n) is 5.02. The lowest BCUT2D eigenvalue weighted by Crippen LogP contribution is -2.48. The zero-order chi connectivity index (χ0) is 22.8. The molecule has 32 heavy (non-hydrogen) atoms. The highest BCUT2D eigenvalue weighted by atomic mass is 16.5. The van der Waals surface area contributed by atoms with Crippen LogP contribution >= 0.6 is 0 Å². The zero-order valence-corrected chi connectivity index (χ0v) is 18.0. The largest absolute Gasteiger partial charge is 0.494 e. The zero-order valence-electron chi connectivity index (χ0n) is 18.0. The summed E-state index contributed by atoms with van der Waals surface area (Å²) < 4.78 is 11.4. The van der Waals surface area contributed by atoms with Gasteiger partial charge in [0.25, 0.3) is 5.91 Å². The summed E-state index contributed by atoms with van der Waals surface area (Å²) in [6.07, 6.45) is 1.60. The number of azide groups is 1. The van der Waals surface area contributed by atoms with Crippen molar-refractivity contribution in [2.45, 2.75) is 31.7 Å². The molecule has 0 aromatic heterocycles. The molecule has 168 valence electrons. The van der Waals surface area contributed by atoms with Gasteiger partial charge in [-0.15, -0.1) is 0 Å². The highest BCUT2D eigenvalue weighted by Gasteiger charge is 2.44. The van der Waals surface area contributed by atoms with Crippen molar-refractivity contribution in [1.29, 1.82) is 0 Å². The molecule has 2 aromatic rings. The molecule has 2 N–H and O–H groups in total. The van der Waals surface area contributed by atoms with Crippen molar-refractivity contribution in [3.63, 3.8) is 0 Å². The fourth-order valence-corrected chi connectivity index (χ4v) is 3.35. The summed E-state index contributed by atoms with van der Waals surface area (Å²) in [4.78, 5) is 20.7. The van der Waals surface area contributed by atoms with Crippen LogP contribution in [0.25, 0.3) is 10.4 Å². The molecule has 1 heterocycles. The molecule has 0 saturated carbocycles. The highest BCUT2D eigenvalue weighted by Crippen LogP contribution is 2.31. The second kappa shape index (κ2) is 11.2. The number of benzene rings is 2. The average molecular weight is 438 g/mol. The van der Waals surface area contributed by atoms with Crippen LogP contribution in [0.4, 0.5) is 5.69 Å². The van der Waals surface area contributed by atoms with Crippen molar-refractivity contribution in [2.24, 2.45) is 10.1 Å². The molecule has 0 unspecified atom stereocenters. The third kappa shape index (κ3) is 5.57. The van der Waals surface area contributed by atoms with Gasteiger partial charge in [0.05, 0.1) is 6.61 Å². The van der Waals surface area contributed by atoms with Gasteiger partial charge in [-0.05, 0) is 41.8 Å². The quantitative estimate of drug-likeness (QED) is 0.240. The molecule has 1 amide bonds. The van der Waals surface area contributed by atoms with Crippen molar-refractivity contribution in [1.82, 2.24) is 5.32 Å². The number of nitrogens with zero attached hydrogens (tertiary/aromatic N) is 4. The number of carbonyl (C=O) groups excluding carboxylic acids is 1. The molecular weight excluding hydrogens is 410 g/mol. The Balaban J connectivity index is 1.88. The SMILES string of the molecule is CCCNC(=O)[C@@]1(Cc2ccccc2N=[N+]=[N-])COC(c2ccc(OCCCO)cc2)=N1. The predicted molar refractivity (Wildman–Crippen MR) is 121 cm³/mol. The topological polar surface area (TPSA) is 129 Å². The van der Waals surface area contributed by atoms with Crippen LogP contribution in [0.15, 0.2) is 58.6 Å². The van der Waals surface area contributed by atoms with Crippen LogP contribution in [0, 0.1) is 0 Å². The Morgan fingerprint density at radius 3 is 2.81 bits per heavy atom. The molecule has 1 aliphatic rings. The minimum atomic E-state index is -1.16. The van der Waals surface area contributed by atoms with Crippen LogP contribution in [0.1, 0.15) is 30.9 Å². The first kappa shape index (κ1) is 23.1. The van der Waals surface area contributed by atoms with Gasteiger partial charge in [-0.2, -0.15) is 0 Å². The van der Waals surface area contributed by atoms with E-state index >= 15 is 0 Å². The van der Waals surface area contributed by atoms with E-state index in [1.54, 1.807) is 24.3 Å². The normalized spacial score (nSPS) is 17.1. The maximum Gasteiger partial charge on any atom is 0.251 e. The first-order valence-corrected chi connectivity index (χ1v) is 10.6. The summed E-state index contributed by atoms with van der Waals surface area (Å²) in [7, 11) is 0. The van der Waals surface area contributed by atoms with Crippen LogP contribution in [0.2, 0.25) is 0 Å². The number of ether oxygens (including phenoxy) is 2. The molecule has 9 heteroatoms. The molecule has 0 fully saturated rings. The Morgan fingerprint density at radius 2 is 2.09 bits per heavy atom. The molecule has 0 saturated heterocycles. The Labute approximate surface area is 186 Å². The van der Waals surface area contributed by atoms with E-state index in [2.05, 4.69) is 15.3 Å². The fraction of sp³-hybridized carbons (Fsp3) is 0.391. The Kier molecular flexibility index (Phi) is 8.08. The van der Waals surface area contributed by atoms with Gasteiger partial charge in [0, 0.05) is 42.2 Å². The van der Waals surface area contributed by atoms with Gasteiger partial charge in [0.2, 0.25) is 5.90 Å². The van der Waals surface area contributed by atoms with E-state index in [4.69, 9.17) is 25.1 Å². The smallest absolute Gasteiger partial charge is 0.251 e. The summed E-state index contributed by atoms with van der Waals surface area (Å²) >= 11 is 0. The van der Waals surface area contributed by atoms with E-state index in [1.807, 2.05) is 31.2 Å². The number of aliphatic imine (C=N–C) groups is 1. The van der Waals surface area contributed by atoms with Crippen molar-refractivity contribution >= 4 is 17.5 Å². The summed E-state index contributed by atoms with van der Waals surface area (Å²) in [5, 5.41) is 15.5. The number of hydrogen-bond donors (Lipinski definition) is 2. The second-order valence-electron chi connectivity index (χ2n) is 7.44. The Bertz CT molecular complexity index is 1000. The predicted octanol–water partition coefficient (Wildman–Crippen LogP) is 3.67. The van der Waals surface area contributed by atoms with Gasteiger partial charge < -0.3 is 19.9 Å². The van der Waals surface area contributed by atoms with Crippen LogP contribution < -0.4 is 10.1 Å². The molecule has 1 aliphatic heterocycles. The number of hydrogen-bond acceptors (Lipinski definition) is 6. The number of aliphatic hydroxyl groups excluding tert-OH is 1. The van der Waals surface area contributed by atoms with Crippen LogP contribution in [-0.2, 0) is 16.0 Å². The minimum Gasteiger partial charge on any atom is -0.494 e. The lowest BCUT2D eigenvalue weighted by atomic mass is 9.90. The van der Waals surface area contributed by atoms with E-state index < -0.39 is 5.54 Å². The molecule has 3 rings (SSSR count). The Hall–Kier alpha value is -3.55. The maximum atomic E-state index is 13.1. The molecular formula is C23H27N5O4.